The molecule has 8 nitrogen and oxygen atoms in total. The predicted molar refractivity (Wildman–Crippen MR) is 153 cm³/mol. The Hall–Kier alpha value is -2.59. The van der Waals surface area contributed by atoms with Gasteiger partial charge in [-0.05, 0) is 91.8 Å². The van der Waals surface area contributed by atoms with Gasteiger partial charge in [-0.1, -0.05) is 29.8 Å². The van der Waals surface area contributed by atoms with Crippen molar-refractivity contribution >= 4 is 33.2 Å². The molecule has 2 heterocycles. The summed E-state index contributed by atoms with van der Waals surface area (Å²) in [4.78, 5) is 15.4. The van der Waals surface area contributed by atoms with Crippen LogP contribution in [0.5, 0.6) is 5.75 Å². The molecule has 1 spiro atoms. The molecule has 4 aliphatic rings. The minimum absolute atomic E-state index is 0.0888. The molecule has 5 atom stereocenters. The average Bonchev–Trinajstić information content (AvgIpc) is 3.02. The molecule has 2 aromatic carbocycles. The zero-order chi connectivity index (χ0) is 28.1. The largest absolute Gasteiger partial charge is 0.490 e. The van der Waals surface area contributed by atoms with Gasteiger partial charge >= 0.3 is 0 Å². The molecule has 6 rings (SSSR count). The summed E-state index contributed by atoms with van der Waals surface area (Å²) in [6.07, 6.45) is 6.26. The minimum atomic E-state index is -4.10. The summed E-state index contributed by atoms with van der Waals surface area (Å²) in [7, 11) is -4.10. The monoisotopic (exact) mass is 586 g/mol. The fourth-order valence-corrected chi connectivity index (χ4v) is 8.18. The van der Waals surface area contributed by atoms with Gasteiger partial charge in [-0.25, -0.2) is 13.1 Å². The molecule has 40 heavy (non-hydrogen) atoms. The van der Waals surface area contributed by atoms with Gasteiger partial charge in [-0.15, -0.1) is 0 Å². The quantitative estimate of drug-likeness (QED) is 0.404. The molecule has 214 valence electrons. The Morgan fingerprint density at radius 1 is 1.12 bits per heavy atom. The van der Waals surface area contributed by atoms with Gasteiger partial charge in [0.05, 0.1) is 30.3 Å². The van der Waals surface area contributed by atoms with Crippen molar-refractivity contribution in [2.75, 3.05) is 30.3 Å². The van der Waals surface area contributed by atoms with Crippen molar-refractivity contribution in [3.05, 3.63) is 70.3 Å². The van der Waals surface area contributed by atoms with Crippen LogP contribution < -0.4 is 14.4 Å². The van der Waals surface area contributed by atoms with E-state index >= 15 is 0 Å². The van der Waals surface area contributed by atoms with E-state index in [4.69, 9.17) is 16.3 Å². The molecule has 0 aromatic heterocycles. The molecule has 1 amide bonds. The summed E-state index contributed by atoms with van der Waals surface area (Å²) < 4.78 is 33.8. The van der Waals surface area contributed by atoms with Crippen molar-refractivity contribution < 1.29 is 28.2 Å². The topological polar surface area (TPSA) is 116 Å². The van der Waals surface area contributed by atoms with Gasteiger partial charge in [-0.3, -0.25) is 4.79 Å². The standard InChI is InChI=1S/C30H35ClN2O6S/c31-22-8-10-25-19(13-22)3-2-12-30(25)17-33-15-21-6-9-24(21)27(35)5-1-4-23(34)16-40(37,38)32-29(36)20-7-11-28(39-18-30)26(33)14-20/h1,4,7-8,10-11,13-14,21,23-24,27,34-35H,2-3,5-6,9,12,15-18H2,(H,32,36)/b4-1+/t21-,23-,24+,27-,30-/m0/s1. The van der Waals surface area contributed by atoms with Gasteiger partial charge in [0, 0.05) is 29.1 Å². The number of benzene rings is 2. The molecule has 10 heteroatoms. The molecular formula is C30H35ClN2O6S. The number of aryl methyl sites for hydroxylation is 1. The number of halogens is 1. The van der Waals surface area contributed by atoms with E-state index in [2.05, 4.69) is 21.8 Å². The summed E-state index contributed by atoms with van der Waals surface area (Å²) in [6, 6.07) is 11.1. The molecule has 1 saturated carbocycles. The van der Waals surface area contributed by atoms with Crippen molar-refractivity contribution in [3.63, 3.8) is 0 Å². The van der Waals surface area contributed by atoms with Crippen LogP contribution in [0.2, 0.25) is 5.02 Å². The highest BCUT2D eigenvalue weighted by Crippen LogP contribution is 2.46. The molecular weight excluding hydrogens is 552 g/mol. The van der Waals surface area contributed by atoms with Crippen LogP contribution in [-0.2, 0) is 21.9 Å². The Morgan fingerprint density at radius 2 is 1.98 bits per heavy atom. The normalized spacial score (nSPS) is 32.5. The molecule has 3 N–H and O–H groups in total. The number of hydrogen-bond donors (Lipinski definition) is 3. The highest BCUT2D eigenvalue weighted by atomic mass is 35.5. The zero-order valence-electron chi connectivity index (χ0n) is 22.3. The van der Waals surface area contributed by atoms with Crippen molar-refractivity contribution in [2.45, 2.75) is 56.1 Å². The molecule has 0 saturated heterocycles. The molecule has 2 bridgehead atoms. The molecule has 2 aromatic rings. The van der Waals surface area contributed by atoms with Gasteiger partial charge in [0.15, 0.2) is 0 Å². The fourth-order valence-electron chi connectivity index (χ4n) is 6.94. The van der Waals surface area contributed by atoms with Crippen LogP contribution in [0.4, 0.5) is 5.69 Å². The van der Waals surface area contributed by atoms with E-state index in [1.807, 2.05) is 6.07 Å². The van der Waals surface area contributed by atoms with Crippen LogP contribution in [0.3, 0.4) is 0 Å². The number of carbonyl (C=O) groups excluding carboxylic acids is 1. The predicted octanol–water partition coefficient (Wildman–Crippen LogP) is 3.58. The third-order valence-corrected chi connectivity index (χ3v) is 10.6. The number of fused-ring (bicyclic) bond motifs is 4. The second kappa shape index (κ2) is 10.7. The van der Waals surface area contributed by atoms with Gasteiger partial charge in [0.25, 0.3) is 5.91 Å². The summed E-state index contributed by atoms with van der Waals surface area (Å²) in [6.45, 7) is 1.83. The lowest BCUT2D eigenvalue weighted by atomic mass is 9.68. The van der Waals surface area contributed by atoms with Gasteiger partial charge in [0.2, 0.25) is 10.0 Å². The number of amides is 1. The number of aliphatic hydroxyl groups excluding tert-OH is 2. The number of ether oxygens (including phenoxy) is 1. The van der Waals surface area contributed by atoms with E-state index in [1.54, 1.807) is 24.3 Å². The van der Waals surface area contributed by atoms with Crippen molar-refractivity contribution in [2.24, 2.45) is 11.8 Å². The van der Waals surface area contributed by atoms with E-state index < -0.39 is 33.9 Å². The highest BCUT2D eigenvalue weighted by molar-refractivity contribution is 7.90. The first kappa shape index (κ1) is 27.6. The summed E-state index contributed by atoms with van der Waals surface area (Å²) >= 11 is 6.36. The number of sulfonamides is 1. The first-order chi connectivity index (χ1) is 19.1. The van der Waals surface area contributed by atoms with Crippen molar-refractivity contribution in [3.8, 4) is 5.75 Å². The van der Waals surface area contributed by atoms with E-state index in [1.165, 1.54) is 17.2 Å². The highest BCUT2D eigenvalue weighted by Gasteiger charge is 2.44. The third kappa shape index (κ3) is 5.36. The first-order valence-electron chi connectivity index (χ1n) is 14.0. The number of aliphatic hydroxyl groups is 2. The maximum absolute atomic E-state index is 13.1. The third-order valence-electron chi connectivity index (χ3n) is 9.10. The van der Waals surface area contributed by atoms with Crippen LogP contribution in [0.15, 0.2) is 48.6 Å². The lowest BCUT2D eigenvalue weighted by molar-refractivity contribution is 0.0176. The maximum atomic E-state index is 13.1. The maximum Gasteiger partial charge on any atom is 0.264 e. The summed E-state index contributed by atoms with van der Waals surface area (Å²) in [5.74, 6) is -0.419. The van der Waals surface area contributed by atoms with Crippen LogP contribution >= 0.6 is 11.6 Å². The van der Waals surface area contributed by atoms with E-state index in [0.29, 0.717) is 31.9 Å². The van der Waals surface area contributed by atoms with Crippen molar-refractivity contribution in [1.82, 2.24) is 4.72 Å². The second-order valence-corrected chi connectivity index (χ2v) is 14.0. The number of rotatable bonds is 0. The van der Waals surface area contributed by atoms with Gasteiger partial charge in [-0.2, -0.15) is 0 Å². The van der Waals surface area contributed by atoms with E-state index in [9.17, 15) is 23.4 Å². The summed E-state index contributed by atoms with van der Waals surface area (Å²) in [5, 5.41) is 21.9. The molecule has 0 unspecified atom stereocenters. The van der Waals surface area contributed by atoms with Gasteiger partial charge in [0.1, 0.15) is 5.75 Å². The Balaban J connectivity index is 1.41. The smallest absolute Gasteiger partial charge is 0.264 e. The van der Waals surface area contributed by atoms with Crippen molar-refractivity contribution in [1.29, 1.82) is 0 Å². The Labute approximate surface area is 240 Å². The number of carbonyl (C=O) groups is 1. The van der Waals surface area contributed by atoms with Crippen LogP contribution in [0, 0.1) is 11.8 Å². The fraction of sp³-hybridized carbons (Fsp3) is 0.500. The minimum Gasteiger partial charge on any atom is -0.490 e. The number of hydrogen-bond acceptors (Lipinski definition) is 7. The average molecular weight is 587 g/mol. The van der Waals surface area contributed by atoms with Crippen LogP contribution in [0.25, 0.3) is 0 Å². The Morgan fingerprint density at radius 3 is 2.77 bits per heavy atom. The summed E-state index contributed by atoms with van der Waals surface area (Å²) in [5.41, 5.74) is 3.14. The first-order valence-corrected chi connectivity index (χ1v) is 16.0. The molecule has 2 aliphatic carbocycles. The van der Waals surface area contributed by atoms with Crippen LogP contribution in [-0.4, -0.2) is 62.2 Å². The number of anilines is 1. The SMILES string of the molecule is O=C1NS(=O)(=O)C[C@@H](O)/C=C/C[C@H](O)[C@@H]2CC[C@H]2CN2C[C@@]3(CCCc4cc(Cl)ccc43)COc3ccc1cc32. The molecule has 0 radical (unpaired) electrons. The molecule has 2 aliphatic heterocycles. The van der Waals surface area contributed by atoms with E-state index in [0.717, 1.165) is 42.8 Å². The number of nitrogens with zero attached hydrogens (tertiary/aromatic N) is 1. The Bertz CT molecular complexity index is 1450. The second-order valence-electron chi connectivity index (χ2n) is 11.8. The lowest BCUT2D eigenvalue weighted by Crippen LogP contribution is -2.49. The Kier molecular flexibility index (Phi) is 7.36. The van der Waals surface area contributed by atoms with Crippen LogP contribution in [0.1, 0.15) is 53.6 Å². The number of nitrogens with one attached hydrogen (secondary N) is 1. The lowest BCUT2D eigenvalue weighted by Gasteiger charge is -2.45. The van der Waals surface area contributed by atoms with E-state index in [-0.39, 0.29) is 22.8 Å². The zero-order valence-corrected chi connectivity index (χ0v) is 23.8. The van der Waals surface area contributed by atoms with Gasteiger partial charge < -0.3 is 19.8 Å². The molecule has 1 fully saturated rings.